The first-order valence-corrected chi connectivity index (χ1v) is 8.38. The number of rotatable bonds is 5. The summed E-state index contributed by atoms with van der Waals surface area (Å²) in [5.74, 6) is -2.39. The number of hydrogen-bond acceptors (Lipinski definition) is 3. The van der Waals surface area contributed by atoms with E-state index >= 15 is 0 Å². The number of likely N-dealkylation sites (tertiary alicyclic amines) is 1. The molecule has 0 bridgehead atoms. The lowest BCUT2D eigenvalue weighted by Crippen LogP contribution is -2.43. The predicted octanol–water partition coefficient (Wildman–Crippen LogP) is 2.37. The molecule has 1 heterocycles. The van der Waals surface area contributed by atoms with Crippen molar-refractivity contribution in [3.05, 3.63) is 34.6 Å². The number of carbonyl (C=O) groups excluding carboxylic acids is 2. The van der Waals surface area contributed by atoms with Gasteiger partial charge in [-0.2, -0.15) is 0 Å². The van der Waals surface area contributed by atoms with Gasteiger partial charge in [-0.05, 0) is 30.5 Å². The third kappa shape index (κ3) is 5.16. The van der Waals surface area contributed by atoms with Crippen LogP contribution in [0, 0.1) is 11.7 Å². The topological polar surface area (TPSA) is 86.7 Å². The minimum atomic E-state index is -1.10. The van der Waals surface area contributed by atoms with Gasteiger partial charge >= 0.3 is 5.97 Å². The summed E-state index contributed by atoms with van der Waals surface area (Å²) in [6, 6.07) is 3.12. The van der Waals surface area contributed by atoms with Gasteiger partial charge < -0.3 is 15.3 Å². The lowest BCUT2D eigenvalue weighted by molar-refractivity contribution is -0.138. The average molecular weight is 371 g/mol. The molecule has 1 atom stereocenters. The second-order valence-corrected chi connectivity index (χ2v) is 6.52. The molecule has 1 aromatic rings. The minimum absolute atomic E-state index is 0.0285. The number of piperidine rings is 1. The number of benzene rings is 1. The van der Waals surface area contributed by atoms with Crippen LogP contribution in [0.2, 0.25) is 5.02 Å². The Kier molecular flexibility index (Phi) is 6.36. The van der Waals surface area contributed by atoms with E-state index in [0.717, 1.165) is 6.07 Å². The number of amides is 2. The van der Waals surface area contributed by atoms with E-state index < -0.39 is 17.8 Å². The van der Waals surface area contributed by atoms with Gasteiger partial charge in [-0.25, -0.2) is 4.39 Å². The van der Waals surface area contributed by atoms with Crippen molar-refractivity contribution in [1.82, 2.24) is 10.2 Å². The van der Waals surface area contributed by atoms with Crippen LogP contribution in [-0.4, -0.2) is 40.9 Å². The first kappa shape index (κ1) is 19.2. The molecule has 1 aliphatic heterocycles. The second kappa shape index (κ2) is 8.29. The fourth-order valence-electron chi connectivity index (χ4n) is 2.90. The zero-order chi connectivity index (χ0) is 18.6. The molecule has 1 aromatic carbocycles. The Hall–Kier alpha value is -2.15. The van der Waals surface area contributed by atoms with Crippen LogP contribution in [0.25, 0.3) is 0 Å². The number of carbonyl (C=O) groups is 3. The Morgan fingerprint density at radius 1 is 1.36 bits per heavy atom. The van der Waals surface area contributed by atoms with Crippen molar-refractivity contribution in [2.24, 2.45) is 5.92 Å². The average Bonchev–Trinajstić information content (AvgIpc) is 2.56. The van der Waals surface area contributed by atoms with Crippen LogP contribution < -0.4 is 5.32 Å². The molecule has 1 aliphatic rings. The van der Waals surface area contributed by atoms with E-state index in [0.29, 0.717) is 31.5 Å². The van der Waals surface area contributed by atoms with E-state index in [-0.39, 0.29) is 29.2 Å². The van der Waals surface area contributed by atoms with Crippen LogP contribution >= 0.6 is 11.6 Å². The molecule has 2 amide bonds. The molecule has 1 fully saturated rings. The third-order valence-electron chi connectivity index (χ3n) is 4.35. The second-order valence-electron chi connectivity index (χ2n) is 6.11. The molecule has 8 heteroatoms. The van der Waals surface area contributed by atoms with E-state index in [4.69, 9.17) is 16.7 Å². The quantitative estimate of drug-likeness (QED) is 0.833. The first-order valence-electron chi connectivity index (χ1n) is 8.00. The molecule has 0 aromatic heterocycles. The fourth-order valence-corrected chi connectivity index (χ4v) is 3.02. The van der Waals surface area contributed by atoms with Crippen LogP contribution in [0.4, 0.5) is 4.39 Å². The predicted molar refractivity (Wildman–Crippen MR) is 89.5 cm³/mol. The molecular weight excluding hydrogens is 351 g/mol. The van der Waals surface area contributed by atoms with E-state index in [1.54, 1.807) is 4.90 Å². The van der Waals surface area contributed by atoms with Crippen molar-refractivity contribution in [3.63, 3.8) is 0 Å². The molecule has 25 heavy (non-hydrogen) atoms. The largest absolute Gasteiger partial charge is 0.481 e. The van der Waals surface area contributed by atoms with Gasteiger partial charge in [0.2, 0.25) is 11.8 Å². The van der Waals surface area contributed by atoms with Gasteiger partial charge in [0.25, 0.3) is 0 Å². The summed E-state index contributed by atoms with van der Waals surface area (Å²) in [4.78, 5) is 36.6. The summed E-state index contributed by atoms with van der Waals surface area (Å²) in [6.07, 6.45) is 0.666. The maximum Gasteiger partial charge on any atom is 0.305 e. The van der Waals surface area contributed by atoms with Crippen LogP contribution in [0.15, 0.2) is 18.2 Å². The smallest absolute Gasteiger partial charge is 0.305 e. The maximum absolute atomic E-state index is 13.7. The van der Waals surface area contributed by atoms with Crippen molar-refractivity contribution in [1.29, 1.82) is 0 Å². The highest BCUT2D eigenvalue weighted by Crippen LogP contribution is 2.24. The highest BCUT2D eigenvalue weighted by molar-refractivity contribution is 6.30. The number of hydrogen-bond donors (Lipinski definition) is 2. The number of carboxylic acids is 1. The number of carboxylic acid groups (broad SMARTS) is 1. The van der Waals surface area contributed by atoms with E-state index in [9.17, 15) is 18.8 Å². The zero-order valence-electron chi connectivity index (χ0n) is 13.8. The molecule has 2 rings (SSSR count). The van der Waals surface area contributed by atoms with Gasteiger partial charge in [0.15, 0.2) is 0 Å². The minimum Gasteiger partial charge on any atom is -0.481 e. The van der Waals surface area contributed by atoms with E-state index in [1.165, 1.54) is 19.1 Å². The summed E-state index contributed by atoms with van der Waals surface area (Å²) in [7, 11) is 0. The fraction of sp³-hybridized carbons (Fsp3) is 0.471. The molecule has 6 nitrogen and oxygen atoms in total. The van der Waals surface area contributed by atoms with Gasteiger partial charge in [0.1, 0.15) is 5.82 Å². The molecule has 0 radical (unpaired) electrons. The van der Waals surface area contributed by atoms with Crippen molar-refractivity contribution in [2.75, 3.05) is 13.1 Å². The summed E-state index contributed by atoms with van der Waals surface area (Å²) < 4.78 is 13.7. The molecule has 0 aliphatic carbocycles. The van der Waals surface area contributed by atoms with Gasteiger partial charge in [0, 0.05) is 25.9 Å². The van der Waals surface area contributed by atoms with Crippen LogP contribution in [0.3, 0.4) is 0 Å². The lowest BCUT2D eigenvalue weighted by Gasteiger charge is -2.31. The Labute approximate surface area is 149 Å². The molecule has 0 saturated carbocycles. The number of nitrogens with zero attached hydrogens (tertiary/aromatic N) is 1. The monoisotopic (exact) mass is 370 g/mol. The first-order chi connectivity index (χ1) is 11.8. The molecule has 0 spiro atoms. The van der Waals surface area contributed by atoms with Crippen LogP contribution in [0.1, 0.15) is 37.8 Å². The van der Waals surface area contributed by atoms with Crippen molar-refractivity contribution in [2.45, 2.75) is 32.2 Å². The molecular formula is C17H20ClFN2O4. The summed E-state index contributed by atoms with van der Waals surface area (Å²) in [5.41, 5.74) is 0.346. The van der Waals surface area contributed by atoms with Crippen molar-refractivity contribution in [3.8, 4) is 0 Å². The molecule has 1 saturated heterocycles. The van der Waals surface area contributed by atoms with Gasteiger partial charge in [-0.1, -0.05) is 17.7 Å². The number of aliphatic carboxylic acids is 1. The Morgan fingerprint density at radius 2 is 2.00 bits per heavy atom. The Balaban J connectivity index is 2.06. The number of nitrogens with one attached hydrogen (secondary N) is 1. The van der Waals surface area contributed by atoms with Crippen LogP contribution in [0.5, 0.6) is 0 Å². The highest BCUT2D eigenvalue weighted by atomic mass is 35.5. The highest BCUT2D eigenvalue weighted by Gasteiger charge is 2.28. The normalized spacial score (nSPS) is 16.4. The standard InChI is InChI=1S/C17H20ClFN2O4/c1-10(22)21-6-4-11(5-7-21)17(25)20-15(9-16(23)24)12-2-3-13(18)14(19)8-12/h2-3,8,11,15H,4-7,9H2,1H3,(H,20,25)(H,23,24). The third-order valence-corrected chi connectivity index (χ3v) is 4.66. The van der Waals surface area contributed by atoms with Gasteiger partial charge in [-0.3, -0.25) is 14.4 Å². The zero-order valence-corrected chi connectivity index (χ0v) is 14.6. The van der Waals surface area contributed by atoms with Crippen molar-refractivity contribution < 1.29 is 23.9 Å². The van der Waals surface area contributed by atoms with E-state index in [2.05, 4.69) is 5.32 Å². The maximum atomic E-state index is 13.7. The summed E-state index contributed by atoms with van der Waals surface area (Å²) in [6.45, 7) is 2.47. The van der Waals surface area contributed by atoms with Gasteiger partial charge in [0.05, 0.1) is 17.5 Å². The lowest BCUT2D eigenvalue weighted by atomic mass is 9.94. The van der Waals surface area contributed by atoms with Crippen molar-refractivity contribution >= 4 is 29.4 Å². The van der Waals surface area contributed by atoms with E-state index in [1.807, 2.05) is 0 Å². The molecule has 2 N–H and O–H groups in total. The van der Waals surface area contributed by atoms with Gasteiger partial charge in [-0.15, -0.1) is 0 Å². The molecule has 136 valence electrons. The molecule has 1 unspecified atom stereocenters. The summed E-state index contributed by atoms with van der Waals surface area (Å²) in [5, 5.41) is 11.7. The Bertz CT molecular complexity index is 675. The SMILES string of the molecule is CC(=O)N1CCC(C(=O)NC(CC(=O)O)c2ccc(Cl)c(F)c2)CC1. The summed E-state index contributed by atoms with van der Waals surface area (Å²) >= 11 is 5.65. The Morgan fingerprint density at radius 3 is 2.52 bits per heavy atom. The van der Waals surface area contributed by atoms with Crippen LogP contribution in [-0.2, 0) is 14.4 Å². The number of halogens is 2.